The average Bonchev–Trinajstić information content (AvgIpc) is 2.63. The number of benzene rings is 2. The summed E-state index contributed by atoms with van der Waals surface area (Å²) in [5.41, 5.74) is 13.1. The lowest BCUT2D eigenvalue weighted by atomic mass is 10.0. The number of rotatable bonds is 6. The molecule has 0 bridgehead atoms. The fraction of sp³-hybridized carbons (Fsp3) is 0.200. The third-order valence-electron chi connectivity index (χ3n) is 3.99. The average molecular weight is 494 g/mol. The lowest BCUT2D eigenvalue weighted by Gasteiger charge is -2.18. The summed E-state index contributed by atoms with van der Waals surface area (Å²) in [4.78, 5) is 7.84. The molecule has 0 fully saturated rings. The smallest absolute Gasteiger partial charge is 0.222 e. The maximum Gasteiger partial charge on any atom is 0.222 e. The molecule has 0 atom stereocenters. The molecule has 0 amide bonds. The van der Waals surface area contributed by atoms with Gasteiger partial charge in [0, 0.05) is 5.56 Å². The Morgan fingerprint density at radius 1 is 1.11 bits per heavy atom. The second-order valence-electron chi connectivity index (χ2n) is 6.47. The fourth-order valence-electron chi connectivity index (χ4n) is 2.58. The molecule has 2 aromatic carbocycles. The molecule has 3 rings (SSSR count). The molecule has 0 saturated heterocycles. The van der Waals surface area contributed by atoms with Crippen LogP contribution in [0, 0.1) is 9.39 Å². The van der Waals surface area contributed by atoms with Crippen LogP contribution in [-0.2, 0) is 6.61 Å². The molecule has 8 heteroatoms. The molecule has 0 aliphatic heterocycles. The normalized spacial score (nSPS) is 10.9. The Kier molecular flexibility index (Phi) is 6.18. The van der Waals surface area contributed by atoms with Gasteiger partial charge >= 0.3 is 0 Å². The van der Waals surface area contributed by atoms with Gasteiger partial charge in [0.2, 0.25) is 5.95 Å². The van der Waals surface area contributed by atoms with E-state index in [1.165, 1.54) is 18.3 Å². The molecule has 0 unspecified atom stereocenters. The summed E-state index contributed by atoms with van der Waals surface area (Å²) in [6.45, 7) is 4.37. The van der Waals surface area contributed by atoms with Crippen molar-refractivity contribution in [3.8, 4) is 17.2 Å². The minimum absolute atomic E-state index is 0.0876. The SMILES string of the molecule is CC(C)c1cc(OCc2cccc(F)c2)c(I)cc1Oc1cnc(N)nc1N. The summed E-state index contributed by atoms with van der Waals surface area (Å²) < 4.78 is 26.1. The van der Waals surface area contributed by atoms with E-state index in [4.69, 9.17) is 20.9 Å². The maximum absolute atomic E-state index is 13.4. The Morgan fingerprint density at radius 3 is 2.57 bits per heavy atom. The van der Waals surface area contributed by atoms with E-state index in [0.717, 1.165) is 14.7 Å². The van der Waals surface area contributed by atoms with Gasteiger partial charge in [-0.1, -0.05) is 26.0 Å². The van der Waals surface area contributed by atoms with Crippen LogP contribution in [0.1, 0.15) is 30.9 Å². The second-order valence-corrected chi connectivity index (χ2v) is 7.64. The molecular weight excluding hydrogens is 474 g/mol. The van der Waals surface area contributed by atoms with Gasteiger partial charge in [0.05, 0.1) is 9.77 Å². The lowest BCUT2D eigenvalue weighted by Crippen LogP contribution is -2.04. The molecule has 0 radical (unpaired) electrons. The van der Waals surface area contributed by atoms with Crippen molar-refractivity contribution in [3.63, 3.8) is 0 Å². The summed E-state index contributed by atoms with van der Waals surface area (Å²) in [6, 6.07) is 10.1. The van der Waals surface area contributed by atoms with Crippen LogP contribution < -0.4 is 20.9 Å². The van der Waals surface area contributed by atoms with Crippen molar-refractivity contribution >= 4 is 34.4 Å². The Bertz CT molecular complexity index is 998. The van der Waals surface area contributed by atoms with Gasteiger partial charge in [0.15, 0.2) is 11.6 Å². The van der Waals surface area contributed by atoms with Crippen molar-refractivity contribution in [3.05, 3.63) is 63.1 Å². The Balaban J connectivity index is 1.87. The Labute approximate surface area is 176 Å². The first-order chi connectivity index (χ1) is 13.3. The summed E-state index contributed by atoms with van der Waals surface area (Å²) in [5, 5.41) is 0. The third kappa shape index (κ3) is 4.80. The van der Waals surface area contributed by atoms with Crippen LogP contribution in [0.4, 0.5) is 16.2 Å². The highest BCUT2D eigenvalue weighted by Gasteiger charge is 2.16. The first-order valence-electron chi connectivity index (χ1n) is 8.60. The quantitative estimate of drug-likeness (QED) is 0.475. The molecule has 6 nitrogen and oxygen atoms in total. The molecule has 0 spiro atoms. The fourth-order valence-corrected chi connectivity index (χ4v) is 3.18. The molecule has 28 heavy (non-hydrogen) atoms. The van der Waals surface area contributed by atoms with Crippen LogP contribution in [-0.4, -0.2) is 9.97 Å². The van der Waals surface area contributed by atoms with E-state index < -0.39 is 0 Å². The number of nitrogens with two attached hydrogens (primary N) is 2. The van der Waals surface area contributed by atoms with Gasteiger partial charge < -0.3 is 20.9 Å². The van der Waals surface area contributed by atoms with Crippen molar-refractivity contribution in [1.29, 1.82) is 0 Å². The molecule has 3 aromatic rings. The first kappa shape index (κ1) is 20.1. The number of hydrogen-bond acceptors (Lipinski definition) is 6. The van der Waals surface area contributed by atoms with E-state index in [1.54, 1.807) is 6.07 Å². The summed E-state index contributed by atoms with van der Waals surface area (Å²) in [6.07, 6.45) is 1.45. The van der Waals surface area contributed by atoms with Gasteiger partial charge in [0.1, 0.15) is 23.9 Å². The predicted octanol–water partition coefficient (Wildman–Crippen LogP) is 4.88. The molecule has 1 heterocycles. The molecule has 0 saturated carbocycles. The molecular formula is C20H20FIN4O2. The second kappa shape index (κ2) is 8.59. The highest BCUT2D eigenvalue weighted by molar-refractivity contribution is 14.1. The number of nitrogen functional groups attached to an aromatic ring is 2. The third-order valence-corrected chi connectivity index (χ3v) is 4.83. The first-order valence-corrected chi connectivity index (χ1v) is 9.68. The van der Waals surface area contributed by atoms with E-state index in [2.05, 4.69) is 32.6 Å². The van der Waals surface area contributed by atoms with Gasteiger partial charge in [0.25, 0.3) is 0 Å². The van der Waals surface area contributed by atoms with Gasteiger partial charge in [-0.05, 0) is 58.3 Å². The van der Waals surface area contributed by atoms with Crippen molar-refractivity contribution in [2.24, 2.45) is 0 Å². The van der Waals surface area contributed by atoms with Gasteiger partial charge in [-0.3, -0.25) is 0 Å². The summed E-state index contributed by atoms with van der Waals surface area (Å²) >= 11 is 2.17. The number of ether oxygens (including phenoxy) is 2. The van der Waals surface area contributed by atoms with Gasteiger partial charge in [-0.25, -0.2) is 9.37 Å². The Morgan fingerprint density at radius 2 is 1.89 bits per heavy atom. The molecule has 0 aliphatic carbocycles. The largest absolute Gasteiger partial charge is 0.488 e. The van der Waals surface area contributed by atoms with E-state index >= 15 is 0 Å². The number of halogens is 2. The number of aromatic nitrogens is 2. The van der Waals surface area contributed by atoms with Crippen LogP contribution in [0.25, 0.3) is 0 Å². The van der Waals surface area contributed by atoms with Crippen molar-refractivity contribution in [2.75, 3.05) is 11.5 Å². The highest BCUT2D eigenvalue weighted by Crippen LogP contribution is 2.38. The van der Waals surface area contributed by atoms with Crippen molar-refractivity contribution in [2.45, 2.75) is 26.4 Å². The van der Waals surface area contributed by atoms with Gasteiger partial charge in [-0.2, -0.15) is 4.98 Å². The monoisotopic (exact) mass is 494 g/mol. The van der Waals surface area contributed by atoms with Gasteiger partial charge in [-0.15, -0.1) is 0 Å². The summed E-state index contributed by atoms with van der Waals surface area (Å²) in [7, 11) is 0. The molecule has 146 valence electrons. The number of hydrogen-bond donors (Lipinski definition) is 2. The van der Waals surface area contributed by atoms with Crippen LogP contribution in [0.5, 0.6) is 17.2 Å². The van der Waals surface area contributed by atoms with E-state index in [0.29, 0.717) is 17.2 Å². The predicted molar refractivity (Wildman–Crippen MR) is 115 cm³/mol. The van der Waals surface area contributed by atoms with Crippen LogP contribution in [0.2, 0.25) is 0 Å². The zero-order valence-electron chi connectivity index (χ0n) is 15.4. The zero-order valence-corrected chi connectivity index (χ0v) is 17.6. The molecule has 1 aromatic heterocycles. The van der Waals surface area contributed by atoms with Crippen LogP contribution >= 0.6 is 22.6 Å². The molecule has 0 aliphatic rings. The standard InChI is InChI=1S/C20H20FIN4O2/c1-11(2)14-7-17(27-10-12-4-3-5-13(21)6-12)15(22)8-16(14)28-18-9-25-20(24)26-19(18)23/h3-9,11H,10H2,1-2H3,(H4,23,24,25,26). The van der Waals surface area contributed by atoms with Crippen molar-refractivity contribution in [1.82, 2.24) is 9.97 Å². The molecule has 4 N–H and O–H groups in total. The lowest BCUT2D eigenvalue weighted by molar-refractivity contribution is 0.302. The highest BCUT2D eigenvalue weighted by atomic mass is 127. The van der Waals surface area contributed by atoms with Crippen molar-refractivity contribution < 1.29 is 13.9 Å². The maximum atomic E-state index is 13.4. The van der Waals surface area contributed by atoms with Crippen LogP contribution in [0.15, 0.2) is 42.6 Å². The number of anilines is 2. The van der Waals surface area contributed by atoms with E-state index in [-0.39, 0.29) is 30.1 Å². The topological polar surface area (TPSA) is 96.3 Å². The van der Waals surface area contributed by atoms with E-state index in [9.17, 15) is 4.39 Å². The zero-order chi connectivity index (χ0) is 20.3. The Hall–Kier alpha value is -2.62. The van der Waals surface area contributed by atoms with Crippen LogP contribution in [0.3, 0.4) is 0 Å². The van der Waals surface area contributed by atoms with E-state index in [1.807, 2.05) is 32.0 Å². The minimum atomic E-state index is -0.286. The number of nitrogens with zero attached hydrogens (tertiary/aromatic N) is 2. The minimum Gasteiger partial charge on any atom is -0.488 e. The summed E-state index contributed by atoms with van der Waals surface area (Å²) in [5.74, 6) is 1.80.